The Labute approximate surface area is 166 Å². The Bertz CT molecular complexity index is 689. The third-order valence-corrected chi connectivity index (χ3v) is 5.46. The molecule has 2 N–H and O–H groups in total. The highest BCUT2D eigenvalue weighted by molar-refractivity contribution is 5.96. The quantitative estimate of drug-likeness (QED) is 0.697. The van der Waals surface area contributed by atoms with Crippen LogP contribution in [0.1, 0.15) is 50.4 Å². The van der Waals surface area contributed by atoms with Crippen molar-refractivity contribution >= 4 is 17.8 Å². The molecule has 0 aliphatic heterocycles. The fourth-order valence-electron chi connectivity index (χ4n) is 3.38. The summed E-state index contributed by atoms with van der Waals surface area (Å²) in [6.07, 6.45) is 2.29. The van der Waals surface area contributed by atoms with Gasteiger partial charge >= 0.3 is 5.97 Å². The minimum absolute atomic E-state index is 0.104. The lowest BCUT2D eigenvalue weighted by atomic mass is 9.78. The van der Waals surface area contributed by atoms with Crippen LogP contribution in [0.4, 0.5) is 0 Å². The van der Waals surface area contributed by atoms with Gasteiger partial charge in [-0.1, -0.05) is 26.7 Å². The highest BCUT2D eigenvalue weighted by Gasteiger charge is 2.30. The molecule has 1 aliphatic carbocycles. The van der Waals surface area contributed by atoms with E-state index in [1.807, 2.05) is 0 Å². The van der Waals surface area contributed by atoms with Gasteiger partial charge in [0.05, 0.1) is 7.11 Å². The molecule has 2 rings (SSSR count). The topological polar surface area (TPSA) is 93.7 Å². The average molecular weight is 390 g/mol. The molecule has 28 heavy (non-hydrogen) atoms. The Hall–Kier alpha value is -2.57. The van der Waals surface area contributed by atoms with Crippen LogP contribution in [0.25, 0.3) is 0 Å². The van der Waals surface area contributed by atoms with Gasteiger partial charge < -0.3 is 20.1 Å². The van der Waals surface area contributed by atoms with Gasteiger partial charge in [0.1, 0.15) is 12.3 Å². The molecule has 1 aromatic rings. The maximum Gasteiger partial charge on any atom is 0.326 e. The molecule has 1 aliphatic rings. The van der Waals surface area contributed by atoms with Crippen molar-refractivity contribution in [2.24, 2.45) is 11.8 Å². The van der Waals surface area contributed by atoms with E-state index in [-0.39, 0.29) is 18.5 Å². The number of carbonyl (C=O) groups is 3. The van der Waals surface area contributed by atoms with Crippen LogP contribution in [0.15, 0.2) is 24.3 Å². The second-order valence-corrected chi connectivity index (χ2v) is 7.43. The van der Waals surface area contributed by atoms with Gasteiger partial charge in [0.25, 0.3) is 11.8 Å². The van der Waals surface area contributed by atoms with Crippen LogP contribution in [-0.2, 0) is 14.3 Å². The van der Waals surface area contributed by atoms with Crippen LogP contribution in [0.3, 0.4) is 0 Å². The number of nitrogens with one attached hydrogen (secondary N) is 2. The predicted octanol–water partition coefficient (Wildman–Crippen LogP) is 2.30. The normalized spacial score (nSPS) is 22.6. The molecule has 7 heteroatoms. The van der Waals surface area contributed by atoms with E-state index in [0.717, 1.165) is 12.8 Å². The first-order valence-electron chi connectivity index (χ1n) is 9.74. The van der Waals surface area contributed by atoms with E-state index in [0.29, 0.717) is 23.1 Å². The molecule has 2 amide bonds. The van der Waals surface area contributed by atoms with Gasteiger partial charge in [-0.15, -0.1) is 0 Å². The van der Waals surface area contributed by atoms with E-state index in [1.165, 1.54) is 20.5 Å². The third kappa shape index (κ3) is 5.97. The second-order valence-electron chi connectivity index (χ2n) is 7.43. The first-order chi connectivity index (χ1) is 13.3. The van der Waals surface area contributed by atoms with E-state index >= 15 is 0 Å². The van der Waals surface area contributed by atoms with Gasteiger partial charge in [-0.2, -0.15) is 0 Å². The minimum atomic E-state index is -0.908. The Morgan fingerprint density at radius 3 is 2.46 bits per heavy atom. The average Bonchev–Trinajstić information content (AvgIpc) is 2.69. The molecule has 4 atom stereocenters. The SMILES string of the molecule is COc1ccc(C(=O)NCC(=O)O[C@H](C)C(=O)N[C@@H]2CCC[C@H](C)[C@H]2C)cc1. The van der Waals surface area contributed by atoms with Gasteiger partial charge in [0, 0.05) is 11.6 Å². The number of ether oxygens (including phenoxy) is 2. The minimum Gasteiger partial charge on any atom is -0.497 e. The van der Waals surface area contributed by atoms with Gasteiger partial charge in [-0.25, -0.2) is 0 Å². The highest BCUT2D eigenvalue weighted by Crippen LogP contribution is 2.29. The Balaban J connectivity index is 1.76. The molecule has 1 fully saturated rings. The van der Waals surface area contributed by atoms with Crippen molar-refractivity contribution in [1.29, 1.82) is 0 Å². The lowest BCUT2D eigenvalue weighted by Gasteiger charge is -2.35. The van der Waals surface area contributed by atoms with Crippen molar-refractivity contribution in [2.75, 3.05) is 13.7 Å². The number of carbonyl (C=O) groups excluding carboxylic acids is 3. The third-order valence-electron chi connectivity index (χ3n) is 5.46. The lowest BCUT2D eigenvalue weighted by Crippen LogP contribution is -2.48. The number of amides is 2. The number of benzene rings is 1. The molecular formula is C21H30N2O5. The number of rotatable bonds is 7. The van der Waals surface area contributed by atoms with E-state index in [2.05, 4.69) is 24.5 Å². The predicted molar refractivity (Wildman–Crippen MR) is 105 cm³/mol. The Morgan fingerprint density at radius 1 is 1.14 bits per heavy atom. The Kier molecular flexibility index (Phi) is 7.84. The molecule has 154 valence electrons. The van der Waals surface area contributed by atoms with E-state index < -0.39 is 18.0 Å². The van der Waals surface area contributed by atoms with E-state index in [9.17, 15) is 14.4 Å². The fraction of sp³-hybridized carbons (Fsp3) is 0.571. The molecule has 0 radical (unpaired) electrons. The summed E-state index contributed by atoms with van der Waals surface area (Å²) in [5.41, 5.74) is 0.403. The summed E-state index contributed by atoms with van der Waals surface area (Å²) >= 11 is 0. The molecule has 0 aromatic heterocycles. The number of hydrogen-bond acceptors (Lipinski definition) is 5. The van der Waals surface area contributed by atoms with Crippen molar-refractivity contribution < 1.29 is 23.9 Å². The van der Waals surface area contributed by atoms with Gasteiger partial charge in [0.2, 0.25) is 0 Å². The van der Waals surface area contributed by atoms with Crippen molar-refractivity contribution in [2.45, 2.75) is 52.2 Å². The van der Waals surface area contributed by atoms with Crippen LogP contribution in [0.2, 0.25) is 0 Å². The van der Waals surface area contributed by atoms with E-state index in [4.69, 9.17) is 9.47 Å². The van der Waals surface area contributed by atoms with Crippen LogP contribution < -0.4 is 15.4 Å². The summed E-state index contributed by atoms with van der Waals surface area (Å²) < 4.78 is 10.2. The largest absolute Gasteiger partial charge is 0.497 e. The van der Waals surface area contributed by atoms with Crippen LogP contribution in [0.5, 0.6) is 5.75 Å². The molecular weight excluding hydrogens is 360 g/mol. The van der Waals surface area contributed by atoms with Crippen molar-refractivity contribution in [3.05, 3.63) is 29.8 Å². The number of methoxy groups -OCH3 is 1. The zero-order valence-corrected chi connectivity index (χ0v) is 17.0. The lowest BCUT2D eigenvalue weighted by molar-refractivity contribution is -0.154. The van der Waals surface area contributed by atoms with Crippen molar-refractivity contribution in [3.8, 4) is 5.75 Å². The summed E-state index contributed by atoms with van der Waals surface area (Å²) in [5.74, 6) is 0.226. The molecule has 7 nitrogen and oxygen atoms in total. The first kappa shape index (κ1) is 21.7. The summed E-state index contributed by atoms with van der Waals surface area (Å²) in [7, 11) is 1.54. The summed E-state index contributed by atoms with van der Waals surface area (Å²) in [6, 6.07) is 6.62. The standard InChI is InChI=1S/C21H30N2O5/c1-13-6-5-7-18(14(13)2)23-20(25)15(3)28-19(24)12-22-21(26)16-8-10-17(27-4)11-9-16/h8-11,13-15,18H,5-7,12H2,1-4H3,(H,22,26)(H,23,25)/t13-,14+,15+,18+/m0/s1. The van der Waals surface area contributed by atoms with Crippen LogP contribution in [-0.4, -0.2) is 43.6 Å². The van der Waals surface area contributed by atoms with Crippen molar-refractivity contribution in [3.63, 3.8) is 0 Å². The molecule has 0 unspecified atom stereocenters. The number of hydrogen-bond donors (Lipinski definition) is 2. The summed E-state index contributed by atoms with van der Waals surface area (Å²) in [4.78, 5) is 36.4. The van der Waals surface area contributed by atoms with Crippen LogP contribution >= 0.6 is 0 Å². The Morgan fingerprint density at radius 2 is 1.82 bits per heavy atom. The molecule has 0 bridgehead atoms. The monoisotopic (exact) mass is 390 g/mol. The van der Waals surface area contributed by atoms with Gasteiger partial charge in [-0.3, -0.25) is 14.4 Å². The second kappa shape index (κ2) is 10.1. The van der Waals surface area contributed by atoms with Crippen molar-refractivity contribution in [1.82, 2.24) is 10.6 Å². The molecule has 0 saturated heterocycles. The molecule has 1 aromatic carbocycles. The molecule has 1 saturated carbocycles. The number of esters is 1. The smallest absolute Gasteiger partial charge is 0.326 e. The van der Waals surface area contributed by atoms with E-state index in [1.54, 1.807) is 24.3 Å². The van der Waals surface area contributed by atoms with Gasteiger partial charge in [0.15, 0.2) is 6.10 Å². The van der Waals surface area contributed by atoms with Crippen LogP contribution in [0, 0.1) is 11.8 Å². The maximum atomic E-state index is 12.3. The van der Waals surface area contributed by atoms with Gasteiger partial charge in [-0.05, 0) is 49.4 Å². The first-order valence-corrected chi connectivity index (χ1v) is 9.74. The fourth-order valence-corrected chi connectivity index (χ4v) is 3.38. The highest BCUT2D eigenvalue weighted by atomic mass is 16.5. The maximum absolute atomic E-state index is 12.3. The molecule has 0 heterocycles. The molecule has 0 spiro atoms. The summed E-state index contributed by atoms with van der Waals surface area (Å²) in [5, 5.41) is 5.48. The summed E-state index contributed by atoms with van der Waals surface area (Å²) in [6.45, 7) is 5.56. The zero-order valence-electron chi connectivity index (χ0n) is 17.0. The zero-order chi connectivity index (χ0) is 20.7.